The molecule has 0 bridgehead atoms. The number of rotatable bonds is 4. The number of nitrogens with one attached hydrogen (secondary N) is 2. The van der Waals surface area contributed by atoms with Crippen LogP contribution in [0.3, 0.4) is 0 Å². The van der Waals surface area contributed by atoms with Gasteiger partial charge in [-0.2, -0.15) is 0 Å². The van der Waals surface area contributed by atoms with Gasteiger partial charge in [-0.1, -0.05) is 37.1 Å². The van der Waals surface area contributed by atoms with Crippen LogP contribution < -0.4 is 0 Å². The number of nitrogens with zero attached hydrogens (tertiary/aromatic N) is 4. The Morgan fingerprint density at radius 3 is 2.41 bits per heavy atom. The number of carbonyl (C=O) groups is 1. The van der Waals surface area contributed by atoms with E-state index in [0.717, 1.165) is 63.4 Å². The van der Waals surface area contributed by atoms with E-state index in [1.54, 1.807) is 4.90 Å². The number of aromatic amines is 2. The van der Waals surface area contributed by atoms with Crippen LogP contribution in [0.4, 0.5) is 4.79 Å². The summed E-state index contributed by atoms with van der Waals surface area (Å²) in [5.41, 5.74) is 5.33. The lowest BCUT2D eigenvalue weighted by molar-refractivity contribution is 0.0219. The van der Waals surface area contributed by atoms with Crippen LogP contribution in [-0.4, -0.2) is 48.1 Å². The molecular weight excluding hydrogens is 512 g/mol. The van der Waals surface area contributed by atoms with Gasteiger partial charge in [0.15, 0.2) is 0 Å². The molecular formula is C33H36N6O2. The Morgan fingerprint density at radius 1 is 0.878 bits per heavy atom. The molecule has 2 aliphatic rings. The van der Waals surface area contributed by atoms with E-state index in [-0.39, 0.29) is 12.1 Å². The van der Waals surface area contributed by atoms with Crippen molar-refractivity contribution in [1.29, 1.82) is 0 Å². The number of imidazole rings is 2. The summed E-state index contributed by atoms with van der Waals surface area (Å²) in [5, 5.41) is 2.34. The van der Waals surface area contributed by atoms with Crippen molar-refractivity contribution in [3.63, 3.8) is 0 Å². The minimum absolute atomic E-state index is 0.125. The van der Waals surface area contributed by atoms with E-state index >= 15 is 0 Å². The van der Waals surface area contributed by atoms with E-state index < -0.39 is 5.60 Å². The normalized spacial score (nSPS) is 18.1. The number of ether oxygens (including phenoxy) is 1. The molecule has 1 aliphatic heterocycles. The molecule has 0 spiro atoms. The second kappa shape index (κ2) is 10.0. The van der Waals surface area contributed by atoms with Crippen LogP contribution in [0, 0.1) is 0 Å². The number of pyridine rings is 1. The highest BCUT2D eigenvalue weighted by Gasteiger charge is 2.35. The molecule has 8 heteroatoms. The standard InChI is InChI=1S/C33H36N6O2/c1-33(2,3)41-32(40)39-14-6-9-29(39)31-36-26-17-25(34-19-28(26)38-31)23-12-10-22-16-24(13-11-21(22)15-23)27-18-35-30(37-27)20-7-4-5-8-20/h10-13,15-20,29H,4-9,14H2,1-3H3,(H,35,37)(H,36,38). The van der Waals surface area contributed by atoms with E-state index in [4.69, 9.17) is 14.7 Å². The monoisotopic (exact) mass is 548 g/mol. The number of benzene rings is 2. The minimum atomic E-state index is -0.532. The highest BCUT2D eigenvalue weighted by Crippen LogP contribution is 2.35. The van der Waals surface area contributed by atoms with Crippen molar-refractivity contribution in [3.05, 3.63) is 66.5 Å². The predicted molar refractivity (Wildman–Crippen MR) is 161 cm³/mol. The molecule has 8 nitrogen and oxygen atoms in total. The molecule has 1 aliphatic carbocycles. The number of hydrogen-bond donors (Lipinski definition) is 2. The first-order chi connectivity index (χ1) is 19.8. The maximum Gasteiger partial charge on any atom is 0.410 e. The summed E-state index contributed by atoms with van der Waals surface area (Å²) < 4.78 is 5.64. The first-order valence-electron chi connectivity index (χ1n) is 14.8. The van der Waals surface area contributed by atoms with E-state index in [1.807, 2.05) is 39.2 Å². The number of amides is 1. The molecule has 2 aromatic carbocycles. The molecule has 3 aromatic heterocycles. The molecule has 0 radical (unpaired) electrons. The Bertz CT molecular complexity index is 1740. The van der Waals surface area contributed by atoms with E-state index in [2.05, 4.69) is 51.4 Å². The van der Waals surface area contributed by atoms with Crippen LogP contribution in [0.25, 0.3) is 44.3 Å². The van der Waals surface area contributed by atoms with Gasteiger partial charge in [0.25, 0.3) is 0 Å². The summed E-state index contributed by atoms with van der Waals surface area (Å²) >= 11 is 0. The smallest absolute Gasteiger partial charge is 0.410 e. The predicted octanol–water partition coefficient (Wildman–Crippen LogP) is 7.90. The molecule has 7 rings (SSSR count). The van der Waals surface area contributed by atoms with Gasteiger partial charge in [0.1, 0.15) is 22.8 Å². The van der Waals surface area contributed by atoms with Gasteiger partial charge in [-0.25, -0.2) is 14.8 Å². The lowest BCUT2D eigenvalue weighted by Crippen LogP contribution is -2.36. The lowest BCUT2D eigenvalue weighted by Gasteiger charge is -2.27. The molecule has 41 heavy (non-hydrogen) atoms. The van der Waals surface area contributed by atoms with Gasteiger partial charge in [-0.3, -0.25) is 9.88 Å². The number of likely N-dealkylation sites (tertiary alicyclic amines) is 1. The average molecular weight is 549 g/mol. The van der Waals surface area contributed by atoms with Gasteiger partial charge in [0, 0.05) is 23.6 Å². The molecule has 210 valence electrons. The number of aromatic nitrogens is 5. The van der Waals surface area contributed by atoms with E-state index in [1.165, 1.54) is 31.1 Å². The van der Waals surface area contributed by atoms with Crippen molar-refractivity contribution in [2.24, 2.45) is 0 Å². The van der Waals surface area contributed by atoms with Crippen LogP contribution in [0.2, 0.25) is 0 Å². The quantitative estimate of drug-likeness (QED) is 0.238. The van der Waals surface area contributed by atoms with Crippen molar-refractivity contribution in [3.8, 4) is 22.5 Å². The Hall–Kier alpha value is -4.20. The first-order valence-corrected chi connectivity index (χ1v) is 14.8. The zero-order valence-corrected chi connectivity index (χ0v) is 23.9. The summed E-state index contributed by atoms with van der Waals surface area (Å²) in [7, 11) is 0. The lowest BCUT2D eigenvalue weighted by atomic mass is 10.0. The third kappa shape index (κ3) is 5.07. The minimum Gasteiger partial charge on any atom is -0.444 e. The second-order valence-electron chi connectivity index (χ2n) is 12.5. The average Bonchev–Trinajstić information content (AvgIpc) is 3.77. The van der Waals surface area contributed by atoms with E-state index in [0.29, 0.717) is 12.5 Å². The molecule has 4 heterocycles. The van der Waals surface area contributed by atoms with Gasteiger partial charge in [0.2, 0.25) is 0 Å². The summed E-state index contributed by atoms with van der Waals surface area (Å²) in [5.74, 6) is 2.48. The van der Waals surface area contributed by atoms with Crippen molar-refractivity contribution >= 4 is 27.9 Å². The fourth-order valence-electron chi connectivity index (χ4n) is 6.30. The second-order valence-corrected chi connectivity index (χ2v) is 12.5. The number of hydrogen-bond acceptors (Lipinski definition) is 5. The van der Waals surface area contributed by atoms with Crippen LogP contribution in [0.15, 0.2) is 54.9 Å². The van der Waals surface area contributed by atoms with Crippen molar-refractivity contribution in [1.82, 2.24) is 29.8 Å². The van der Waals surface area contributed by atoms with Gasteiger partial charge in [-0.15, -0.1) is 0 Å². The van der Waals surface area contributed by atoms with Crippen molar-refractivity contribution in [2.75, 3.05) is 6.54 Å². The Morgan fingerprint density at radius 2 is 1.63 bits per heavy atom. The van der Waals surface area contributed by atoms with Crippen molar-refractivity contribution in [2.45, 2.75) is 76.9 Å². The highest BCUT2D eigenvalue weighted by molar-refractivity contribution is 5.91. The van der Waals surface area contributed by atoms with Crippen molar-refractivity contribution < 1.29 is 9.53 Å². The number of carbonyl (C=O) groups excluding carboxylic acids is 1. The fourth-order valence-corrected chi connectivity index (χ4v) is 6.30. The van der Waals surface area contributed by atoms with Gasteiger partial charge < -0.3 is 14.7 Å². The number of H-pyrrole nitrogens is 2. The third-order valence-corrected chi connectivity index (χ3v) is 8.37. The van der Waals surface area contributed by atoms with Crippen LogP contribution in [-0.2, 0) is 4.74 Å². The van der Waals surface area contributed by atoms with Crippen LogP contribution in [0.1, 0.15) is 82.9 Å². The van der Waals surface area contributed by atoms with Gasteiger partial charge in [-0.05, 0) is 75.4 Å². The Labute approximate surface area is 239 Å². The summed E-state index contributed by atoms with van der Waals surface area (Å²) in [4.78, 5) is 35.9. The summed E-state index contributed by atoms with van der Waals surface area (Å²) in [6.07, 6.45) is 10.3. The van der Waals surface area contributed by atoms with Crippen LogP contribution in [0.5, 0.6) is 0 Å². The Balaban J connectivity index is 1.13. The molecule has 1 saturated heterocycles. The molecule has 5 aromatic rings. The SMILES string of the molecule is CC(C)(C)OC(=O)N1CCCC1c1nc2cnc(-c3ccc4cc(-c5cnc(C6CCCC6)[nH]5)ccc4c3)cc2[nH]1. The zero-order chi connectivity index (χ0) is 28.1. The molecule has 1 unspecified atom stereocenters. The van der Waals surface area contributed by atoms with Gasteiger partial charge in [0.05, 0.1) is 35.3 Å². The summed E-state index contributed by atoms with van der Waals surface area (Å²) in [6.45, 7) is 6.34. The maximum atomic E-state index is 12.8. The highest BCUT2D eigenvalue weighted by atomic mass is 16.6. The van der Waals surface area contributed by atoms with Crippen LogP contribution >= 0.6 is 0 Å². The number of fused-ring (bicyclic) bond motifs is 2. The molecule has 2 N–H and O–H groups in total. The van der Waals surface area contributed by atoms with Gasteiger partial charge >= 0.3 is 6.09 Å². The van der Waals surface area contributed by atoms with E-state index in [9.17, 15) is 4.79 Å². The molecule has 1 atom stereocenters. The molecule has 2 fully saturated rings. The third-order valence-electron chi connectivity index (χ3n) is 8.37. The Kier molecular flexibility index (Phi) is 6.29. The fraction of sp³-hybridized carbons (Fsp3) is 0.394. The maximum absolute atomic E-state index is 12.8. The topological polar surface area (TPSA) is 99.8 Å². The zero-order valence-electron chi connectivity index (χ0n) is 23.9. The largest absolute Gasteiger partial charge is 0.444 e. The first kappa shape index (κ1) is 25.7. The molecule has 1 amide bonds. The summed E-state index contributed by atoms with van der Waals surface area (Å²) in [6, 6.07) is 14.9. The molecule has 1 saturated carbocycles.